The molecule has 1 aliphatic rings. The van der Waals surface area contributed by atoms with Crippen molar-refractivity contribution in [1.82, 2.24) is 5.32 Å². The molecule has 2 atom stereocenters. The lowest BCUT2D eigenvalue weighted by Crippen LogP contribution is -2.45. The molecule has 2 aromatic carbocycles. The predicted octanol–water partition coefficient (Wildman–Crippen LogP) is 4.97. The first-order valence-electron chi connectivity index (χ1n) is 11.7. The van der Waals surface area contributed by atoms with Crippen LogP contribution in [0, 0.1) is 5.92 Å². The quantitative estimate of drug-likeness (QED) is 0.405. The zero-order valence-electron chi connectivity index (χ0n) is 19.8. The molecule has 2 aromatic rings. The van der Waals surface area contributed by atoms with Crippen LogP contribution < -0.4 is 5.32 Å². The SMILES string of the molecule is C[C@@H](OC[C@@H](O)CNC(C)(C)CC1Cc2ccccc2C1)c1cccc(Cl)c1CCC(=O)O. The highest BCUT2D eigenvalue weighted by Crippen LogP contribution is 2.32. The molecular formula is C27H36ClNO4. The van der Waals surface area contributed by atoms with Gasteiger partial charge in [-0.2, -0.15) is 0 Å². The summed E-state index contributed by atoms with van der Waals surface area (Å²) in [6.07, 6.45) is 2.70. The number of hydrogen-bond donors (Lipinski definition) is 3. The van der Waals surface area contributed by atoms with Gasteiger partial charge in [-0.25, -0.2) is 0 Å². The van der Waals surface area contributed by atoms with E-state index in [1.807, 2.05) is 19.1 Å². The van der Waals surface area contributed by atoms with E-state index in [0.29, 0.717) is 23.9 Å². The third-order valence-electron chi connectivity index (χ3n) is 6.47. The monoisotopic (exact) mass is 473 g/mol. The van der Waals surface area contributed by atoms with Gasteiger partial charge in [0.1, 0.15) is 0 Å². The Hall–Kier alpha value is -1.92. The summed E-state index contributed by atoms with van der Waals surface area (Å²) in [5, 5.41) is 23.6. The number of halogens is 1. The molecule has 0 aliphatic heterocycles. The molecule has 0 radical (unpaired) electrons. The van der Waals surface area contributed by atoms with Crippen LogP contribution in [-0.4, -0.2) is 41.0 Å². The molecule has 0 bridgehead atoms. The fourth-order valence-corrected chi connectivity index (χ4v) is 5.11. The van der Waals surface area contributed by atoms with Crippen molar-refractivity contribution in [2.24, 2.45) is 5.92 Å². The Bertz CT molecular complexity index is 920. The molecule has 0 heterocycles. The molecule has 6 heteroatoms. The molecule has 0 saturated heterocycles. The maximum atomic E-state index is 11.0. The number of aliphatic hydroxyl groups excluding tert-OH is 1. The maximum absolute atomic E-state index is 11.0. The zero-order valence-corrected chi connectivity index (χ0v) is 20.6. The average molecular weight is 474 g/mol. The van der Waals surface area contributed by atoms with Crippen LogP contribution in [0.5, 0.6) is 0 Å². The molecule has 0 fully saturated rings. The Morgan fingerprint density at radius 1 is 1.18 bits per heavy atom. The molecular weight excluding hydrogens is 438 g/mol. The van der Waals surface area contributed by atoms with Gasteiger partial charge in [0.25, 0.3) is 0 Å². The van der Waals surface area contributed by atoms with E-state index >= 15 is 0 Å². The van der Waals surface area contributed by atoms with Crippen LogP contribution in [0.15, 0.2) is 42.5 Å². The number of nitrogens with one attached hydrogen (secondary N) is 1. The number of aliphatic hydroxyl groups is 1. The van der Waals surface area contributed by atoms with Gasteiger partial charge in [0.2, 0.25) is 0 Å². The summed E-state index contributed by atoms with van der Waals surface area (Å²) in [6, 6.07) is 14.2. The maximum Gasteiger partial charge on any atom is 0.303 e. The van der Waals surface area contributed by atoms with Gasteiger partial charge in [-0.1, -0.05) is 48.0 Å². The van der Waals surface area contributed by atoms with Crippen LogP contribution in [0.1, 0.15) is 62.0 Å². The predicted molar refractivity (Wildman–Crippen MR) is 132 cm³/mol. The summed E-state index contributed by atoms with van der Waals surface area (Å²) in [5.74, 6) is -0.245. The van der Waals surface area contributed by atoms with E-state index in [2.05, 4.69) is 43.4 Å². The fourth-order valence-electron chi connectivity index (χ4n) is 4.84. The number of ether oxygens (including phenoxy) is 1. The summed E-state index contributed by atoms with van der Waals surface area (Å²) < 4.78 is 5.94. The molecule has 3 rings (SSSR count). The van der Waals surface area contributed by atoms with E-state index < -0.39 is 12.1 Å². The number of aliphatic carboxylic acids is 1. The molecule has 5 nitrogen and oxygen atoms in total. The summed E-state index contributed by atoms with van der Waals surface area (Å²) in [7, 11) is 0. The lowest BCUT2D eigenvalue weighted by molar-refractivity contribution is -0.136. The van der Waals surface area contributed by atoms with Crippen molar-refractivity contribution >= 4 is 17.6 Å². The average Bonchev–Trinajstić information content (AvgIpc) is 3.16. The Morgan fingerprint density at radius 2 is 1.85 bits per heavy atom. The van der Waals surface area contributed by atoms with Gasteiger partial charge in [0.15, 0.2) is 0 Å². The molecule has 0 amide bonds. The normalized spacial score (nSPS) is 15.9. The van der Waals surface area contributed by atoms with Crippen LogP contribution in [-0.2, 0) is 28.8 Å². The van der Waals surface area contributed by atoms with E-state index in [4.69, 9.17) is 21.4 Å². The van der Waals surface area contributed by atoms with E-state index in [-0.39, 0.29) is 24.7 Å². The van der Waals surface area contributed by atoms with E-state index in [9.17, 15) is 9.90 Å². The molecule has 0 spiro atoms. The number of β-amino-alcohol motifs (C(OH)–C–C–N with tert-alkyl or cyclic N) is 1. The Morgan fingerprint density at radius 3 is 2.48 bits per heavy atom. The topological polar surface area (TPSA) is 78.8 Å². The van der Waals surface area contributed by atoms with Crippen molar-refractivity contribution in [3.8, 4) is 0 Å². The van der Waals surface area contributed by atoms with Crippen molar-refractivity contribution in [1.29, 1.82) is 0 Å². The molecule has 33 heavy (non-hydrogen) atoms. The van der Waals surface area contributed by atoms with Gasteiger partial charge >= 0.3 is 5.97 Å². The standard InChI is InChI=1S/C27H36ClNO4/c1-18(23-9-6-10-25(28)24(23)11-12-26(31)32)33-17-22(30)16-29-27(2,3)15-19-13-20-7-4-5-8-21(20)14-19/h4-10,18-19,22,29-30H,11-17H2,1-3H3,(H,31,32)/t18-,22+/m1/s1. The van der Waals surface area contributed by atoms with Crippen molar-refractivity contribution < 1.29 is 19.7 Å². The van der Waals surface area contributed by atoms with Gasteiger partial charge in [-0.15, -0.1) is 0 Å². The second kappa shape index (κ2) is 11.5. The van der Waals surface area contributed by atoms with E-state index in [1.54, 1.807) is 6.07 Å². The van der Waals surface area contributed by atoms with Crippen molar-refractivity contribution in [2.45, 2.75) is 70.6 Å². The first-order chi connectivity index (χ1) is 15.6. The third-order valence-corrected chi connectivity index (χ3v) is 6.83. The Labute approximate surface area is 202 Å². The first kappa shape index (κ1) is 25.7. The largest absolute Gasteiger partial charge is 0.481 e. The van der Waals surface area contributed by atoms with Gasteiger partial charge in [0.05, 0.1) is 18.8 Å². The Balaban J connectivity index is 1.46. The van der Waals surface area contributed by atoms with Gasteiger partial charge < -0.3 is 20.3 Å². The number of carboxylic acid groups (broad SMARTS) is 1. The van der Waals surface area contributed by atoms with Gasteiger partial charge in [-0.3, -0.25) is 4.79 Å². The smallest absolute Gasteiger partial charge is 0.303 e. The minimum absolute atomic E-state index is 0.0111. The van der Waals surface area contributed by atoms with Crippen molar-refractivity contribution in [2.75, 3.05) is 13.2 Å². The van der Waals surface area contributed by atoms with E-state index in [0.717, 1.165) is 30.4 Å². The lowest BCUT2D eigenvalue weighted by Gasteiger charge is -2.31. The summed E-state index contributed by atoms with van der Waals surface area (Å²) >= 11 is 6.31. The minimum atomic E-state index is -0.861. The number of carbonyl (C=O) groups is 1. The van der Waals surface area contributed by atoms with Gasteiger partial charge in [-0.05, 0) is 80.7 Å². The van der Waals surface area contributed by atoms with Crippen LogP contribution in [0.3, 0.4) is 0 Å². The number of benzene rings is 2. The van der Waals surface area contributed by atoms with Crippen LogP contribution in [0.25, 0.3) is 0 Å². The minimum Gasteiger partial charge on any atom is -0.481 e. The van der Waals surface area contributed by atoms with Crippen LogP contribution in [0.2, 0.25) is 5.02 Å². The number of rotatable bonds is 12. The molecule has 180 valence electrons. The highest BCUT2D eigenvalue weighted by molar-refractivity contribution is 6.31. The molecule has 0 aromatic heterocycles. The van der Waals surface area contributed by atoms with Gasteiger partial charge in [0, 0.05) is 23.5 Å². The molecule has 3 N–H and O–H groups in total. The summed E-state index contributed by atoms with van der Waals surface area (Å²) in [4.78, 5) is 11.0. The second-order valence-corrected chi connectivity index (χ2v) is 10.2. The Kier molecular flexibility index (Phi) is 8.94. The zero-order chi connectivity index (χ0) is 24.0. The molecule has 0 unspecified atom stereocenters. The van der Waals surface area contributed by atoms with Crippen molar-refractivity contribution in [3.05, 3.63) is 69.7 Å². The fraction of sp³-hybridized carbons (Fsp3) is 0.519. The van der Waals surface area contributed by atoms with E-state index in [1.165, 1.54) is 11.1 Å². The number of carboxylic acids is 1. The van der Waals surface area contributed by atoms with Crippen molar-refractivity contribution in [3.63, 3.8) is 0 Å². The van der Waals surface area contributed by atoms with Crippen LogP contribution >= 0.6 is 11.6 Å². The number of hydrogen-bond acceptors (Lipinski definition) is 4. The number of fused-ring (bicyclic) bond motifs is 1. The highest BCUT2D eigenvalue weighted by Gasteiger charge is 2.28. The third kappa shape index (κ3) is 7.54. The molecule has 0 saturated carbocycles. The summed E-state index contributed by atoms with van der Waals surface area (Å²) in [6.45, 7) is 6.91. The summed E-state index contributed by atoms with van der Waals surface area (Å²) in [5.41, 5.74) is 4.50. The van der Waals surface area contributed by atoms with Crippen LogP contribution in [0.4, 0.5) is 0 Å². The first-order valence-corrected chi connectivity index (χ1v) is 12.1. The highest BCUT2D eigenvalue weighted by atomic mass is 35.5. The lowest BCUT2D eigenvalue weighted by atomic mass is 9.88. The second-order valence-electron chi connectivity index (χ2n) is 9.84. The molecule has 1 aliphatic carbocycles.